The summed E-state index contributed by atoms with van der Waals surface area (Å²) in [4.78, 5) is 29.4. The van der Waals surface area contributed by atoms with Crippen molar-refractivity contribution in [1.82, 2.24) is 10.3 Å². The first kappa shape index (κ1) is 19.8. The molecule has 3 rings (SSSR count). The number of rotatable bonds is 6. The number of pyridine rings is 1. The number of benzene rings is 1. The summed E-state index contributed by atoms with van der Waals surface area (Å²) in [6, 6.07) is 13.2. The summed E-state index contributed by atoms with van der Waals surface area (Å²) < 4.78 is 5.73. The summed E-state index contributed by atoms with van der Waals surface area (Å²) in [5, 5.41) is 1.89. The summed E-state index contributed by atoms with van der Waals surface area (Å²) >= 11 is 0.907. The molecular formula is C18H18ClN3O3S. The summed E-state index contributed by atoms with van der Waals surface area (Å²) in [7, 11) is 1.96. The smallest absolute Gasteiger partial charge is 0.290 e. The normalized spacial score (nSPS) is 14.7. The van der Waals surface area contributed by atoms with E-state index >= 15 is 0 Å². The molecule has 1 aliphatic rings. The Morgan fingerprint density at radius 3 is 2.58 bits per heavy atom. The number of carbonyl (C=O) groups excluding carboxylic acids is 2. The van der Waals surface area contributed by atoms with Crippen LogP contribution < -0.4 is 15.0 Å². The highest BCUT2D eigenvalue weighted by Gasteiger charge is 2.24. The summed E-state index contributed by atoms with van der Waals surface area (Å²) in [6.07, 6.45) is 3.44. The molecule has 1 aromatic heterocycles. The van der Waals surface area contributed by atoms with Gasteiger partial charge in [-0.15, -0.1) is 12.4 Å². The molecule has 0 spiro atoms. The Hall–Kier alpha value is -2.51. The fourth-order valence-electron chi connectivity index (χ4n) is 2.23. The molecule has 0 unspecified atom stereocenters. The van der Waals surface area contributed by atoms with E-state index in [1.165, 1.54) is 0 Å². The van der Waals surface area contributed by atoms with Crippen LogP contribution in [0.25, 0.3) is 6.08 Å². The van der Waals surface area contributed by atoms with Crippen molar-refractivity contribution in [1.29, 1.82) is 0 Å². The van der Waals surface area contributed by atoms with Crippen molar-refractivity contribution >= 4 is 47.2 Å². The molecule has 1 fully saturated rings. The lowest BCUT2D eigenvalue weighted by molar-refractivity contribution is -0.115. The van der Waals surface area contributed by atoms with E-state index in [1.807, 2.05) is 54.4 Å². The Kier molecular flexibility index (Phi) is 7.06. The first-order chi connectivity index (χ1) is 12.1. The SMILES string of the molecule is CN(CCOc1ccc(/C=C2/SC(=O)NC2=O)cc1)c1ccccn1.Cl. The van der Waals surface area contributed by atoms with Gasteiger partial charge in [-0.2, -0.15) is 0 Å². The Bertz CT molecular complexity index is 797. The number of halogens is 1. The lowest BCUT2D eigenvalue weighted by Crippen LogP contribution is -2.24. The summed E-state index contributed by atoms with van der Waals surface area (Å²) in [5.41, 5.74) is 0.838. The Morgan fingerprint density at radius 1 is 1.19 bits per heavy atom. The minimum Gasteiger partial charge on any atom is -0.492 e. The number of ether oxygens (including phenoxy) is 1. The molecule has 1 N–H and O–H groups in total. The highest BCUT2D eigenvalue weighted by molar-refractivity contribution is 8.18. The predicted octanol–water partition coefficient (Wildman–Crippen LogP) is 3.34. The Labute approximate surface area is 162 Å². The zero-order valence-electron chi connectivity index (χ0n) is 14.0. The van der Waals surface area contributed by atoms with Crippen molar-refractivity contribution in [3.05, 3.63) is 59.1 Å². The lowest BCUT2D eigenvalue weighted by Gasteiger charge is -2.18. The van der Waals surface area contributed by atoms with Crippen LogP contribution in [-0.2, 0) is 4.79 Å². The van der Waals surface area contributed by atoms with Crippen LogP contribution in [0.3, 0.4) is 0 Å². The van der Waals surface area contributed by atoms with Gasteiger partial charge in [0.2, 0.25) is 0 Å². The first-order valence-corrected chi connectivity index (χ1v) is 8.53. The molecule has 136 valence electrons. The van der Waals surface area contributed by atoms with Gasteiger partial charge in [0.05, 0.1) is 11.4 Å². The average molecular weight is 392 g/mol. The van der Waals surface area contributed by atoms with Crippen LogP contribution in [0.2, 0.25) is 0 Å². The highest BCUT2D eigenvalue weighted by atomic mass is 35.5. The lowest BCUT2D eigenvalue weighted by atomic mass is 10.2. The van der Waals surface area contributed by atoms with Crippen LogP contribution in [0, 0.1) is 0 Å². The molecule has 1 aromatic carbocycles. The van der Waals surface area contributed by atoms with Crippen molar-refractivity contribution in [3.63, 3.8) is 0 Å². The average Bonchev–Trinajstić information content (AvgIpc) is 2.94. The van der Waals surface area contributed by atoms with Crippen molar-refractivity contribution in [2.45, 2.75) is 0 Å². The van der Waals surface area contributed by atoms with Gasteiger partial charge in [-0.05, 0) is 47.7 Å². The zero-order chi connectivity index (χ0) is 17.6. The number of hydrogen-bond acceptors (Lipinski definition) is 6. The summed E-state index contributed by atoms with van der Waals surface area (Å²) in [6.45, 7) is 1.24. The number of amides is 2. The molecule has 1 saturated heterocycles. The molecule has 1 aliphatic heterocycles. The number of hydrogen-bond donors (Lipinski definition) is 1. The maximum Gasteiger partial charge on any atom is 0.290 e. The number of aromatic nitrogens is 1. The molecule has 2 heterocycles. The van der Waals surface area contributed by atoms with Crippen LogP contribution >= 0.6 is 24.2 Å². The van der Waals surface area contributed by atoms with E-state index in [0.717, 1.165) is 28.9 Å². The van der Waals surface area contributed by atoms with Gasteiger partial charge in [0.1, 0.15) is 18.2 Å². The number of nitrogens with zero attached hydrogens (tertiary/aromatic N) is 2. The van der Waals surface area contributed by atoms with E-state index in [4.69, 9.17) is 4.74 Å². The van der Waals surface area contributed by atoms with Gasteiger partial charge in [0.25, 0.3) is 11.1 Å². The Morgan fingerprint density at radius 2 is 1.96 bits per heavy atom. The standard InChI is InChI=1S/C18H17N3O3S.ClH/c1-21(16-4-2-3-9-19-16)10-11-24-14-7-5-13(6-8-14)12-15-17(22)20-18(23)25-15;/h2-9,12H,10-11H2,1H3,(H,20,22,23);1H/b15-12+;. The third-order valence-electron chi connectivity index (χ3n) is 3.56. The minimum atomic E-state index is -0.354. The van der Waals surface area contributed by atoms with E-state index in [0.29, 0.717) is 18.1 Å². The van der Waals surface area contributed by atoms with E-state index in [1.54, 1.807) is 12.3 Å². The third-order valence-corrected chi connectivity index (χ3v) is 4.37. The number of nitrogens with one attached hydrogen (secondary N) is 1. The van der Waals surface area contributed by atoms with Gasteiger partial charge in [-0.1, -0.05) is 18.2 Å². The van der Waals surface area contributed by atoms with Gasteiger partial charge in [-0.25, -0.2) is 4.98 Å². The predicted molar refractivity (Wildman–Crippen MR) is 106 cm³/mol. The monoisotopic (exact) mass is 391 g/mol. The van der Waals surface area contributed by atoms with Crippen molar-refractivity contribution in [2.24, 2.45) is 0 Å². The largest absolute Gasteiger partial charge is 0.492 e. The van der Waals surface area contributed by atoms with Gasteiger partial charge < -0.3 is 9.64 Å². The second-order valence-corrected chi connectivity index (χ2v) is 6.39. The number of anilines is 1. The zero-order valence-corrected chi connectivity index (χ0v) is 15.7. The molecule has 0 radical (unpaired) electrons. The molecule has 8 heteroatoms. The number of thioether (sulfide) groups is 1. The topological polar surface area (TPSA) is 71.5 Å². The first-order valence-electron chi connectivity index (χ1n) is 7.72. The Balaban J connectivity index is 0.00000243. The van der Waals surface area contributed by atoms with Crippen molar-refractivity contribution in [2.75, 3.05) is 25.1 Å². The fourth-order valence-corrected chi connectivity index (χ4v) is 2.91. The second kappa shape index (κ2) is 9.26. The number of carbonyl (C=O) groups is 2. The van der Waals surface area contributed by atoms with Gasteiger partial charge in [0.15, 0.2) is 0 Å². The number of likely N-dealkylation sites (N-methyl/N-ethyl adjacent to an activating group) is 1. The van der Waals surface area contributed by atoms with E-state index in [9.17, 15) is 9.59 Å². The van der Waals surface area contributed by atoms with Gasteiger partial charge in [-0.3, -0.25) is 14.9 Å². The highest BCUT2D eigenvalue weighted by Crippen LogP contribution is 2.26. The van der Waals surface area contributed by atoms with Gasteiger partial charge >= 0.3 is 0 Å². The fraction of sp³-hybridized carbons (Fsp3) is 0.167. The molecule has 2 amide bonds. The van der Waals surface area contributed by atoms with E-state index in [2.05, 4.69) is 10.3 Å². The maximum atomic E-state index is 11.5. The van der Waals surface area contributed by atoms with Crippen LogP contribution in [0.5, 0.6) is 5.75 Å². The molecule has 0 bridgehead atoms. The molecule has 0 saturated carbocycles. The quantitative estimate of drug-likeness (QED) is 0.761. The maximum absolute atomic E-state index is 11.5. The second-order valence-electron chi connectivity index (χ2n) is 5.38. The van der Waals surface area contributed by atoms with Gasteiger partial charge in [0, 0.05) is 13.2 Å². The minimum absolute atomic E-state index is 0. The van der Waals surface area contributed by atoms with E-state index in [-0.39, 0.29) is 23.6 Å². The molecular weight excluding hydrogens is 374 g/mol. The third kappa shape index (κ3) is 5.24. The number of imide groups is 1. The van der Waals surface area contributed by atoms with Crippen molar-refractivity contribution in [3.8, 4) is 5.75 Å². The molecule has 0 aliphatic carbocycles. The molecule has 0 atom stereocenters. The molecule has 6 nitrogen and oxygen atoms in total. The van der Waals surface area contributed by atoms with Crippen molar-refractivity contribution < 1.29 is 14.3 Å². The van der Waals surface area contributed by atoms with Crippen LogP contribution in [0.1, 0.15) is 5.56 Å². The van der Waals surface area contributed by atoms with Crippen LogP contribution in [0.4, 0.5) is 10.6 Å². The van der Waals surface area contributed by atoms with Crippen LogP contribution in [0.15, 0.2) is 53.6 Å². The van der Waals surface area contributed by atoms with E-state index < -0.39 is 0 Å². The van der Waals surface area contributed by atoms with Crippen LogP contribution in [-0.4, -0.2) is 36.3 Å². The molecule has 26 heavy (non-hydrogen) atoms. The summed E-state index contributed by atoms with van der Waals surface area (Å²) in [5.74, 6) is 1.29. The molecule has 2 aromatic rings.